The minimum Gasteiger partial charge on any atom is -0.481 e. The second-order valence-corrected chi connectivity index (χ2v) is 5.75. The van der Waals surface area contributed by atoms with Crippen LogP contribution in [0.4, 0.5) is 5.69 Å². The lowest BCUT2D eigenvalue weighted by atomic mass is 10.1. The van der Waals surface area contributed by atoms with Gasteiger partial charge in [-0.1, -0.05) is 19.9 Å². The molecule has 2 unspecified atom stereocenters. The lowest BCUT2D eigenvalue weighted by molar-refractivity contribution is -0.140. The highest BCUT2D eigenvalue weighted by Crippen LogP contribution is 2.58. The summed E-state index contributed by atoms with van der Waals surface area (Å²) >= 11 is 0. The van der Waals surface area contributed by atoms with Crippen molar-refractivity contribution in [2.24, 2.45) is 17.3 Å². The third kappa shape index (κ3) is 2.25. The molecule has 5 nitrogen and oxygen atoms in total. The van der Waals surface area contributed by atoms with Crippen LogP contribution in [0.15, 0.2) is 18.2 Å². The van der Waals surface area contributed by atoms with Gasteiger partial charge in [-0.25, -0.2) is 0 Å². The summed E-state index contributed by atoms with van der Waals surface area (Å²) in [5.74, 6) is -2.44. The Morgan fingerprint density at radius 2 is 2.00 bits per heavy atom. The summed E-state index contributed by atoms with van der Waals surface area (Å²) in [4.78, 5) is 23.3. The second kappa shape index (κ2) is 4.64. The van der Waals surface area contributed by atoms with E-state index in [1.54, 1.807) is 32.0 Å². The van der Waals surface area contributed by atoms with Crippen molar-refractivity contribution in [1.29, 1.82) is 5.26 Å². The van der Waals surface area contributed by atoms with E-state index in [9.17, 15) is 9.59 Å². The largest absolute Gasteiger partial charge is 0.481 e. The number of amides is 1. The van der Waals surface area contributed by atoms with Gasteiger partial charge in [-0.15, -0.1) is 0 Å². The van der Waals surface area contributed by atoms with E-state index in [2.05, 4.69) is 5.32 Å². The topological polar surface area (TPSA) is 90.2 Å². The van der Waals surface area contributed by atoms with E-state index >= 15 is 0 Å². The summed E-state index contributed by atoms with van der Waals surface area (Å²) in [5.41, 5.74) is 1.32. The molecule has 1 saturated carbocycles. The molecule has 0 saturated heterocycles. The molecule has 1 aromatic carbocycles. The van der Waals surface area contributed by atoms with Gasteiger partial charge < -0.3 is 10.4 Å². The Labute approximate surface area is 117 Å². The minimum absolute atomic E-state index is 0.305. The van der Waals surface area contributed by atoms with Crippen LogP contribution in [0.5, 0.6) is 0 Å². The van der Waals surface area contributed by atoms with Crippen LogP contribution in [0.1, 0.15) is 25.0 Å². The van der Waals surface area contributed by atoms with Crippen LogP contribution < -0.4 is 5.32 Å². The average molecular weight is 272 g/mol. The zero-order valence-electron chi connectivity index (χ0n) is 11.6. The number of hydrogen-bond donors (Lipinski definition) is 2. The van der Waals surface area contributed by atoms with Crippen LogP contribution in [-0.4, -0.2) is 17.0 Å². The van der Waals surface area contributed by atoms with Gasteiger partial charge in [0.25, 0.3) is 0 Å². The van der Waals surface area contributed by atoms with Gasteiger partial charge in [0.05, 0.1) is 23.5 Å². The molecule has 0 heterocycles. The molecule has 2 N–H and O–H groups in total. The zero-order chi connectivity index (χ0) is 15.1. The fourth-order valence-electron chi connectivity index (χ4n) is 2.62. The van der Waals surface area contributed by atoms with Gasteiger partial charge in [0.2, 0.25) is 5.91 Å². The molecule has 0 spiro atoms. The molecule has 0 bridgehead atoms. The minimum atomic E-state index is -0.947. The van der Waals surface area contributed by atoms with Crippen LogP contribution in [0.25, 0.3) is 0 Å². The van der Waals surface area contributed by atoms with Crippen LogP contribution in [0.2, 0.25) is 0 Å². The smallest absolute Gasteiger partial charge is 0.307 e. The number of nitrogens with one attached hydrogen (secondary N) is 1. The van der Waals surface area contributed by atoms with Gasteiger partial charge in [0, 0.05) is 5.69 Å². The first-order chi connectivity index (χ1) is 9.28. The highest BCUT2D eigenvalue weighted by atomic mass is 16.4. The average Bonchev–Trinajstić information content (AvgIpc) is 2.95. The predicted octanol–water partition coefficient (Wildman–Crippen LogP) is 2.16. The molecule has 1 aliphatic carbocycles. The predicted molar refractivity (Wildman–Crippen MR) is 72.9 cm³/mol. The Kier molecular flexibility index (Phi) is 3.26. The molecule has 0 aromatic heterocycles. The van der Waals surface area contributed by atoms with Crippen LogP contribution in [0.3, 0.4) is 0 Å². The standard InChI is InChI=1S/C15H16N2O3/c1-8-4-5-9(7-16)6-10(8)17-13(18)11-12(14(19)20)15(11,2)3/h4-6,11-12H,1-3H3,(H,17,18)(H,19,20). The maximum Gasteiger partial charge on any atom is 0.307 e. The fourth-order valence-corrected chi connectivity index (χ4v) is 2.62. The third-order valence-electron chi connectivity index (χ3n) is 4.00. The van der Waals surface area contributed by atoms with Crippen molar-refractivity contribution in [2.75, 3.05) is 5.32 Å². The van der Waals surface area contributed by atoms with Crippen molar-refractivity contribution in [2.45, 2.75) is 20.8 Å². The van der Waals surface area contributed by atoms with Crippen molar-refractivity contribution in [3.63, 3.8) is 0 Å². The SMILES string of the molecule is Cc1ccc(C#N)cc1NC(=O)C1C(C(=O)O)C1(C)C. The number of aryl methyl sites for hydroxylation is 1. The van der Waals surface area contributed by atoms with Crippen LogP contribution in [-0.2, 0) is 9.59 Å². The first-order valence-electron chi connectivity index (χ1n) is 6.33. The number of aliphatic carboxylic acids is 1. The summed E-state index contributed by atoms with van der Waals surface area (Å²) in [6, 6.07) is 7.03. The van der Waals surface area contributed by atoms with Gasteiger partial charge in [0.1, 0.15) is 0 Å². The quantitative estimate of drug-likeness (QED) is 0.882. The van der Waals surface area contributed by atoms with E-state index in [0.717, 1.165) is 5.56 Å². The second-order valence-electron chi connectivity index (χ2n) is 5.75. The van der Waals surface area contributed by atoms with E-state index < -0.39 is 23.2 Å². The summed E-state index contributed by atoms with van der Waals surface area (Å²) < 4.78 is 0. The first-order valence-corrected chi connectivity index (χ1v) is 6.33. The van der Waals surface area contributed by atoms with Crippen molar-refractivity contribution < 1.29 is 14.7 Å². The van der Waals surface area contributed by atoms with Crippen molar-refractivity contribution in [3.05, 3.63) is 29.3 Å². The maximum atomic E-state index is 12.2. The molecule has 5 heteroatoms. The van der Waals surface area contributed by atoms with Gasteiger partial charge in [-0.05, 0) is 30.0 Å². The summed E-state index contributed by atoms with van der Waals surface area (Å²) in [6.07, 6.45) is 0. The zero-order valence-corrected chi connectivity index (χ0v) is 11.6. The van der Waals surface area contributed by atoms with Gasteiger partial charge in [-0.3, -0.25) is 9.59 Å². The monoisotopic (exact) mass is 272 g/mol. The first kappa shape index (κ1) is 14.1. The number of rotatable bonds is 3. The fraction of sp³-hybridized carbons (Fsp3) is 0.400. The third-order valence-corrected chi connectivity index (χ3v) is 4.00. The number of nitrogens with zero attached hydrogens (tertiary/aromatic N) is 1. The normalized spacial score (nSPS) is 22.7. The number of nitriles is 1. The summed E-state index contributed by atoms with van der Waals surface area (Å²) in [5, 5.41) is 20.7. The number of carbonyl (C=O) groups is 2. The molecule has 1 fully saturated rings. The molecular formula is C15H16N2O3. The maximum absolute atomic E-state index is 12.2. The van der Waals surface area contributed by atoms with E-state index in [1.165, 1.54) is 0 Å². The molecule has 20 heavy (non-hydrogen) atoms. The van der Waals surface area contributed by atoms with Gasteiger partial charge >= 0.3 is 5.97 Å². The van der Waals surface area contributed by atoms with Gasteiger partial charge in [0.15, 0.2) is 0 Å². The van der Waals surface area contributed by atoms with E-state index in [1.807, 2.05) is 13.0 Å². The number of carboxylic acid groups (broad SMARTS) is 1. The van der Waals surface area contributed by atoms with Crippen molar-refractivity contribution >= 4 is 17.6 Å². The molecule has 104 valence electrons. The lowest BCUT2D eigenvalue weighted by Crippen LogP contribution is -2.18. The van der Waals surface area contributed by atoms with Gasteiger partial charge in [-0.2, -0.15) is 5.26 Å². The lowest BCUT2D eigenvalue weighted by Gasteiger charge is -2.09. The molecule has 0 aliphatic heterocycles. The molecule has 1 aliphatic rings. The molecule has 2 atom stereocenters. The van der Waals surface area contributed by atoms with Crippen molar-refractivity contribution in [1.82, 2.24) is 0 Å². The number of carboxylic acids is 1. The van der Waals surface area contributed by atoms with Crippen LogP contribution >= 0.6 is 0 Å². The number of carbonyl (C=O) groups excluding carboxylic acids is 1. The highest BCUT2D eigenvalue weighted by molar-refractivity contribution is 6.00. The van der Waals surface area contributed by atoms with E-state index in [4.69, 9.17) is 10.4 Å². The Morgan fingerprint density at radius 1 is 1.35 bits per heavy atom. The summed E-state index contributed by atoms with van der Waals surface area (Å²) in [6.45, 7) is 5.37. The van der Waals surface area contributed by atoms with E-state index in [-0.39, 0.29) is 5.91 Å². The number of benzene rings is 1. The Hall–Kier alpha value is -2.35. The Morgan fingerprint density at radius 3 is 2.50 bits per heavy atom. The number of anilines is 1. The number of hydrogen-bond acceptors (Lipinski definition) is 3. The molecule has 1 aromatic rings. The Bertz CT molecular complexity index is 628. The Balaban J connectivity index is 2.18. The molecule has 1 amide bonds. The molecular weight excluding hydrogens is 256 g/mol. The highest BCUT2D eigenvalue weighted by Gasteiger charge is 2.65. The van der Waals surface area contributed by atoms with Crippen LogP contribution in [0, 0.1) is 35.5 Å². The van der Waals surface area contributed by atoms with E-state index in [0.29, 0.717) is 11.3 Å². The molecule has 0 radical (unpaired) electrons. The van der Waals surface area contributed by atoms with Crippen molar-refractivity contribution in [3.8, 4) is 6.07 Å². The summed E-state index contributed by atoms with van der Waals surface area (Å²) in [7, 11) is 0. The molecule has 2 rings (SSSR count).